The van der Waals surface area contributed by atoms with Crippen molar-refractivity contribution in [1.82, 2.24) is 9.38 Å². The summed E-state index contributed by atoms with van der Waals surface area (Å²) in [6, 6.07) is 6.89. The number of nitrogens with zero attached hydrogens (tertiary/aromatic N) is 3. The molecule has 5 nitrogen and oxygen atoms in total. The number of hydrogen-bond acceptors (Lipinski definition) is 4. The van der Waals surface area contributed by atoms with Crippen molar-refractivity contribution in [2.24, 2.45) is 0 Å². The van der Waals surface area contributed by atoms with E-state index >= 15 is 0 Å². The lowest BCUT2D eigenvalue weighted by atomic mass is 10.1. The van der Waals surface area contributed by atoms with E-state index in [0.717, 1.165) is 35.6 Å². The van der Waals surface area contributed by atoms with E-state index in [4.69, 9.17) is 10.5 Å². The molecule has 4 rings (SSSR count). The Morgan fingerprint density at radius 3 is 2.74 bits per heavy atom. The number of morpholine rings is 1. The largest absolute Gasteiger partial charge is 0.396 e. The lowest BCUT2D eigenvalue weighted by Gasteiger charge is -2.29. The van der Waals surface area contributed by atoms with Gasteiger partial charge in [-0.25, -0.2) is 9.37 Å². The van der Waals surface area contributed by atoms with Crippen LogP contribution in [0.5, 0.6) is 0 Å². The van der Waals surface area contributed by atoms with E-state index in [1.165, 1.54) is 6.07 Å². The summed E-state index contributed by atoms with van der Waals surface area (Å²) in [5.74, 6) is -0.397. The number of ether oxygens (including phenoxy) is 1. The molecule has 0 amide bonds. The average molecular weight is 312 g/mol. The van der Waals surface area contributed by atoms with Gasteiger partial charge in [0.25, 0.3) is 0 Å². The van der Waals surface area contributed by atoms with Gasteiger partial charge in [0, 0.05) is 37.2 Å². The van der Waals surface area contributed by atoms with Crippen molar-refractivity contribution in [3.05, 3.63) is 48.7 Å². The molecule has 1 aromatic carbocycles. The zero-order valence-electron chi connectivity index (χ0n) is 12.6. The molecule has 1 fully saturated rings. The van der Waals surface area contributed by atoms with Crippen molar-refractivity contribution in [3.8, 4) is 11.1 Å². The van der Waals surface area contributed by atoms with Crippen LogP contribution in [0.2, 0.25) is 0 Å². The third-order valence-electron chi connectivity index (χ3n) is 4.15. The van der Waals surface area contributed by atoms with Crippen molar-refractivity contribution in [2.45, 2.75) is 0 Å². The van der Waals surface area contributed by atoms with Gasteiger partial charge in [-0.05, 0) is 23.8 Å². The molecule has 118 valence electrons. The number of fused-ring (bicyclic) bond motifs is 1. The monoisotopic (exact) mass is 312 g/mol. The Bertz CT molecular complexity index is 855. The normalized spacial score (nSPS) is 15.3. The number of halogens is 1. The maximum atomic E-state index is 13.4. The standard InChI is InChI=1S/C17H17FN4O/c18-14-2-1-12(9-15(14)19)13-10-16(21-5-7-23-8-6-21)17-20-3-4-22(17)11-13/h1-4,9-11H,5-8,19H2. The molecular formula is C17H17FN4O. The molecule has 1 aliphatic heterocycles. The Balaban J connectivity index is 1.85. The van der Waals surface area contributed by atoms with Crippen LogP contribution >= 0.6 is 0 Å². The Hall–Kier alpha value is -2.60. The molecule has 23 heavy (non-hydrogen) atoms. The molecule has 6 heteroatoms. The first-order valence-electron chi connectivity index (χ1n) is 7.57. The Morgan fingerprint density at radius 1 is 1.13 bits per heavy atom. The molecule has 0 saturated carbocycles. The number of pyridine rings is 1. The molecule has 0 aliphatic carbocycles. The Labute approximate surface area is 133 Å². The second kappa shape index (κ2) is 5.55. The number of hydrogen-bond donors (Lipinski definition) is 1. The van der Waals surface area contributed by atoms with Crippen molar-refractivity contribution >= 4 is 17.0 Å². The van der Waals surface area contributed by atoms with Crippen molar-refractivity contribution < 1.29 is 9.13 Å². The van der Waals surface area contributed by atoms with Crippen LogP contribution in [0, 0.1) is 5.82 Å². The molecule has 0 radical (unpaired) electrons. The summed E-state index contributed by atoms with van der Waals surface area (Å²) in [4.78, 5) is 6.72. The van der Waals surface area contributed by atoms with E-state index in [1.54, 1.807) is 18.3 Å². The molecular weight excluding hydrogens is 295 g/mol. The number of anilines is 2. The van der Waals surface area contributed by atoms with Gasteiger partial charge in [-0.1, -0.05) is 6.07 Å². The van der Waals surface area contributed by atoms with Gasteiger partial charge < -0.3 is 19.8 Å². The van der Waals surface area contributed by atoms with E-state index in [0.29, 0.717) is 13.2 Å². The van der Waals surface area contributed by atoms with Gasteiger partial charge in [-0.15, -0.1) is 0 Å². The summed E-state index contributed by atoms with van der Waals surface area (Å²) in [6.07, 6.45) is 5.68. The molecule has 0 spiro atoms. The number of rotatable bonds is 2. The quantitative estimate of drug-likeness (QED) is 0.739. The Morgan fingerprint density at radius 2 is 1.96 bits per heavy atom. The summed E-state index contributed by atoms with van der Waals surface area (Å²) in [7, 11) is 0. The van der Waals surface area contributed by atoms with Gasteiger partial charge in [-0.2, -0.15) is 0 Å². The van der Waals surface area contributed by atoms with Gasteiger partial charge >= 0.3 is 0 Å². The van der Waals surface area contributed by atoms with Crippen LogP contribution in [-0.4, -0.2) is 35.7 Å². The van der Waals surface area contributed by atoms with Crippen LogP contribution in [0.15, 0.2) is 42.9 Å². The van der Waals surface area contributed by atoms with Crippen LogP contribution < -0.4 is 10.6 Å². The lowest BCUT2D eigenvalue weighted by Crippen LogP contribution is -2.36. The molecule has 0 unspecified atom stereocenters. The van der Waals surface area contributed by atoms with Gasteiger partial charge in [-0.3, -0.25) is 0 Å². The highest BCUT2D eigenvalue weighted by atomic mass is 19.1. The molecule has 1 aliphatic rings. The maximum absolute atomic E-state index is 13.4. The summed E-state index contributed by atoms with van der Waals surface area (Å²) >= 11 is 0. The fourth-order valence-corrected chi connectivity index (χ4v) is 2.93. The zero-order valence-corrected chi connectivity index (χ0v) is 12.6. The molecule has 1 saturated heterocycles. The highest BCUT2D eigenvalue weighted by Crippen LogP contribution is 2.30. The van der Waals surface area contributed by atoms with Crippen molar-refractivity contribution in [3.63, 3.8) is 0 Å². The predicted octanol–water partition coefficient (Wildman–Crippen LogP) is 2.56. The first kappa shape index (κ1) is 14.0. The first-order chi connectivity index (χ1) is 11.2. The molecule has 3 aromatic rings. The van der Waals surface area contributed by atoms with Gasteiger partial charge in [0.2, 0.25) is 0 Å². The summed E-state index contributed by atoms with van der Waals surface area (Å²) < 4.78 is 20.8. The number of benzene rings is 1. The SMILES string of the molecule is Nc1cc(-c2cc(N3CCOCC3)c3nccn3c2)ccc1F. The third kappa shape index (κ3) is 2.51. The zero-order chi connectivity index (χ0) is 15.8. The lowest BCUT2D eigenvalue weighted by molar-refractivity contribution is 0.123. The van der Waals surface area contributed by atoms with E-state index < -0.39 is 5.82 Å². The number of aromatic nitrogens is 2. The topological polar surface area (TPSA) is 55.8 Å². The second-order valence-electron chi connectivity index (χ2n) is 5.61. The fraction of sp³-hybridized carbons (Fsp3) is 0.235. The van der Waals surface area contributed by atoms with Crippen LogP contribution in [-0.2, 0) is 4.74 Å². The first-order valence-corrected chi connectivity index (χ1v) is 7.57. The van der Waals surface area contributed by atoms with E-state index in [2.05, 4.69) is 16.0 Å². The highest BCUT2D eigenvalue weighted by Gasteiger charge is 2.17. The molecule has 2 aromatic heterocycles. The summed E-state index contributed by atoms with van der Waals surface area (Å²) in [5.41, 5.74) is 9.69. The number of imidazole rings is 1. The smallest absolute Gasteiger partial charge is 0.160 e. The van der Waals surface area contributed by atoms with Gasteiger partial charge in [0.1, 0.15) is 5.82 Å². The Kier molecular flexibility index (Phi) is 3.38. The van der Waals surface area contributed by atoms with Crippen LogP contribution in [0.25, 0.3) is 16.8 Å². The maximum Gasteiger partial charge on any atom is 0.160 e. The number of nitrogens with two attached hydrogens (primary N) is 1. The van der Waals surface area contributed by atoms with Crippen molar-refractivity contribution in [2.75, 3.05) is 36.9 Å². The van der Waals surface area contributed by atoms with E-state index in [-0.39, 0.29) is 5.69 Å². The van der Waals surface area contributed by atoms with Crippen LogP contribution in [0.4, 0.5) is 15.8 Å². The van der Waals surface area contributed by atoms with Crippen LogP contribution in [0.3, 0.4) is 0 Å². The molecule has 0 atom stereocenters. The highest BCUT2D eigenvalue weighted by molar-refractivity contribution is 5.78. The van der Waals surface area contributed by atoms with E-state index in [1.807, 2.05) is 16.8 Å². The van der Waals surface area contributed by atoms with Crippen molar-refractivity contribution in [1.29, 1.82) is 0 Å². The minimum Gasteiger partial charge on any atom is -0.396 e. The molecule has 3 heterocycles. The van der Waals surface area contributed by atoms with E-state index in [9.17, 15) is 4.39 Å². The fourth-order valence-electron chi connectivity index (χ4n) is 2.93. The molecule has 2 N–H and O–H groups in total. The van der Waals surface area contributed by atoms with Gasteiger partial charge in [0.15, 0.2) is 5.65 Å². The predicted molar refractivity (Wildman–Crippen MR) is 88.0 cm³/mol. The minimum absolute atomic E-state index is 0.154. The van der Waals surface area contributed by atoms with Crippen LogP contribution in [0.1, 0.15) is 0 Å². The second-order valence-corrected chi connectivity index (χ2v) is 5.61. The summed E-state index contributed by atoms with van der Waals surface area (Å²) in [5, 5.41) is 0. The number of nitrogen functional groups attached to an aromatic ring is 1. The van der Waals surface area contributed by atoms with Gasteiger partial charge in [0.05, 0.1) is 24.6 Å². The minimum atomic E-state index is -0.397. The third-order valence-corrected chi connectivity index (χ3v) is 4.15. The molecule has 0 bridgehead atoms. The summed E-state index contributed by atoms with van der Waals surface area (Å²) in [6.45, 7) is 3.08. The average Bonchev–Trinajstić information content (AvgIpc) is 3.06.